The Hall–Kier alpha value is -2.04. The van der Waals surface area contributed by atoms with E-state index in [4.69, 9.17) is 9.47 Å². The molecule has 1 saturated heterocycles. The molecule has 0 N–H and O–H groups in total. The Kier molecular flexibility index (Phi) is 5.81. The molecule has 1 aliphatic rings. The van der Waals surface area contributed by atoms with Crippen molar-refractivity contribution >= 4 is 11.9 Å². The van der Waals surface area contributed by atoms with Gasteiger partial charge in [-0.25, -0.2) is 0 Å². The molecule has 1 aromatic carbocycles. The standard InChI is InChI=1S/C17H23NO4/c1-3-22-17(20)14-7-9-18(10-8-14)16(19)12-13-5-4-6-15(11-13)21-2/h4-6,11,14H,3,7-10,12H2,1-2H3. The van der Waals surface area contributed by atoms with Crippen LogP contribution in [0.4, 0.5) is 0 Å². The van der Waals surface area contributed by atoms with E-state index in [9.17, 15) is 9.59 Å². The van der Waals surface area contributed by atoms with E-state index in [1.807, 2.05) is 36.1 Å². The normalized spacial score (nSPS) is 15.5. The summed E-state index contributed by atoms with van der Waals surface area (Å²) in [5.74, 6) is 0.644. The molecule has 1 aromatic rings. The van der Waals surface area contributed by atoms with E-state index in [0.717, 1.165) is 11.3 Å². The van der Waals surface area contributed by atoms with E-state index in [1.165, 1.54) is 0 Å². The second-order valence-electron chi connectivity index (χ2n) is 5.44. The van der Waals surface area contributed by atoms with Crippen molar-refractivity contribution in [2.75, 3.05) is 26.8 Å². The van der Waals surface area contributed by atoms with Crippen molar-refractivity contribution in [2.45, 2.75) is 26.2 Å². The monoisotopic (exact) mass is 305 g/mol. The lowest BCUT2D eigenvalue weighted by molar-refractivity contribution is -0.151. The molecule has 120 valence electrons. The minimum absolute atomic E-state index is 0.0687. The molecule has 0 aliphatic carbocycles. The maximum Gasteiger partial charge on any atom is 0.309 e. The van der Waals surface area contributed by atoms with Gasteiger partial charge in [-0.3, -0.25) is 9.59 Å². The number of piperidine rings is 1. The molecule has 1 fully saturated rings. The minimum Gasteiger partial charge on any atom is -0.497 e. The van der Waals surface area contributed by atoms with Crippen LogP contribution in [0.5, 0.6) is 5.75 Å². The Labute approximate surface area is 131 Å². The number of ether oxygens (including phenoxy) is 2. The number of nitrogens with zero attached hydrogens (tertiary/aromatic N) is 1. The van der Waals surface area contributed by atoms with Crippen LogP contribution in [0.1, 0.15) is 25.3 Å². The van der Waals surface area contributed by atoms with Gasteiger partial charge in [0.05, 0.1) is 26.1 Å². The first-order chi connectivity index (χ1) is 10.6. The van der Waals surface area contributed by atoms with Crippen LogP contribution in [0.25, 0.3) is 0 Å². The molecule has 0 spiro atoms. The Morgan fingerprint density at radius 2 is 2.00 bits per heavy atom. The van der Waals surface area contributed by atoms with Crippen molar-refractivity contribution < 1.29 is 19.1 Å². The van der Waals surface area contributed by atoms with E-state index in [1.54, 1.807) is 7.11 Å². The second kappa shape index (κ2) is 7.82. The van der Waals surface area contributed by atoms with Crippen molar-refractivity contribution in [3.63, 3.8) is 0 Å². The largest absolute Gasteiger partial charge is 0.497 e. The lowest BCUT2D eigenvalue weighted by atomic mass is 9.96. The molecular weight excluding hydrogens is 282 g/mol. The third kappa shape index (κ3) is 4.23. The summed E-state index contributed by atoms with van der Waals surface area (Å²) in [6.45, 7) is 3.46. The smallest absolute Gasteiger partial charge is 0.309 e. The van der Waals surface area contributed by atoms with E-state index < -0.39 is 0 Å². The first kappa shape index (κ1) is 16.3. The maximum atomic E-state index is 12.3. The van der Waals surface area contributed by atoms with E-state index >= 15 is 0 Å². The molecule has 5 nitrogen and oxygen atoms in total. The molecule has 0 bridgehead atoms. The Morgan fingerprint density at radius 1 is 1.27 bits per heavy atom. The molecule has 1 amide bonds. The van der Waals surface area contributed by atoms with Gasteiger partial charge < -0.3 is 14.4 Å². The average Bonchev–Trinajstić information content (AvgIpc) is 2.55. The fraction of sp³-hybridized carbons (Fsp3) is 0.529. The molecule has 0 saturated carbocycles. The van der Waals surface area contributed by atoms with E-state index in [-0.39, 0.29) is 17.8 Å². The minimum atomic E-state index is -0.137. The molecule has 22 heavy (non-hydrogen) atoms. The predicted molar refractivity (Wildman–Crippen MR) is 82.6 cm³/mol. The van der Waals surface area contributed by atoms with Gasteiger partial charge >= 0.3 is 5.97 Å². The molecule has 0 radical (unpaired) electrons. The van der Waals surface area contributed by atoms with Crippen LogP contribution in [0.2, 0.25) is 0 Å². The topological polar surface area (TPSA) is 55.8 Å². The summed E-state index contributed by atoms with van der Waals surface area (Å²) in [4.78, 5) is 25.9. The van der Waals surface area contributed by atoms with Crippen LogP contribution in [-0.4, -0.2) is 43.6 Å². The van der Waals surface area contributed by atoms with Crippen LogP contribution in [-0.2, 0) is 20.7 Å². The summed E-state index contributed by atoms with van der Waals surface area (Å²) in [7, 11) is 1.61. The van der Waals surface area contributed by atoms with E-state index in [0.29, 0.717) is 39.0 Å². The van der Waals surface area contributed by atoms with Crippen LogP contribution >= 0.6 is 0 Å². The highest BCUT2D eigenvalue weighted by Crippen LogP contribution is 2.20. The highest BCUT2D eigenvalue weighted by molar-refractivity contribution is 5.79. The van der Waals surface area contributed by atoms with Crippen LogP contribution in [0.15, 0.2) is 24.3 Å². The number of carbonyl (C=O) groups is 2. The van der Waals surface area contributed by atoms with Gasteiger partial charge in [-0.2, -0.15) is 0 Å². The van der Waals surface area contributed by atoms with E-state index in [2.05, 4.69) is 0 Å². The fourth-order valence-electron chi connectivity index (χ4n) is 2.69. The SMILES string of the molecule is CCOC(=O)C1CCN(C(=O)Cc2cccc(OC)c2)CC1. The summed E-state index contributed by atoms with van der Waals surface area (Å²) in [6.07, 6.45) is 1.73. The lowest BCUT2D eigenvalue weighted by Gasteiger charge is -2.31. The quantitative estimate of drug-likeness (QED) is 0.781. The predicted octanol–water partition coefficient (Wildman–Crippen LogP) is 2.04. The summed E-state index contributed by atoms with van der Waals surface area (Å²) in [5, 5.41) is 0. The van der Waals surface area contributed by atoms with Gasteiger partial charge in [0, 0.05) is 13.1 Å². The third-order valence-electron chi connectivity index (χ3n) is 3.96. The van der Waals surface area contributed by atoms with Crippen LogP contribution in [0, 0.1) is 5.92 Å². The number of rotatable bonds is 5. The zero-order valence-corrected chi connectivity index (χ0v) is 13.2. The molecule has 1 aliphatic heterocycles. The first-order valence-electron chi connectivity index (χ1n) is 7.71. The highest BCUT2D eigenvalue weighted by Gasteiger charge is 2.28. The van der Waals surface area contributed by atoms with Gasteiger partial charge in [-0.15, -0.1) is 0 Å². The van der Waals surface area contributed by atoms with Gasteiger partial charge in [0.25, 0.3) is 0 Å². The Morgan fingerprint density at radius 3 is 2.64 bits per heavy atom. The number of carbonyl (C=O) groups excluding carboxylic acids is 2. The van der Waals surface area contributed by atoms with Crippen molar-refractivity contribution in [3.05, 3.63) is 29.8 Å². The molecule has 0 unspecified atom stereocenters. The molecule has 2 rings (SSSR count). The number of hydrogen-bond donors (Lipinski definition) is 0. The number of benzene rings is 1. The first-order valence-corrected chi connectivity index (χ1v) is 7.71. The second-order valence-corrected chi connectivity index (χ2v) is 5.44. The summed E-state index contributed by atoms with van der Waals surface area (Å²) in [5.41, 5.74) is 0.942. The number of esters is 1. The molecule has 5 heteroatoms. The Balaban J connectivity index is 1.85. The van der Waals surface area contributed by atoms with Crippen molar-refractivity contribution in [1.82, 2.24) is 4.90 Å². The van der Waals surface area contributed by atoms with Crippen molar-refractivity contribution in [3.8, 4) is 5.75 Å². The number of amides is 1. The number of methoxy groups -OCH3 is 1. The zero-order chi connectivity index (χ0) is 15.9. The molecule has 1 heterocycles. The van der Waals surface area contributed by atoms with Gasteiger partial charge in [0.1, 0.15) is 5.75 Å². The third-order valence-corrected chi connectivity index (χ3v) is 3.96. The average molecular weight is 305 g/mol. The van der Waals surface area contributed by atoms with Gasteiger partial charge in [-0.1, -0.05) is 12.1 Å². The van der Waals surface area contributed by atoms with Crippen LogP contribution < -0.4 is 4.74 Å². The highest BCUT2D eigenvalue weighted by atomic mass is 16.5. The zero-order valence-electron chi connectivity index (χ0n) is 13.2. The van der Waals surface area contributed by atoms with Crippen LogP contribution in [0.3, 0.4) is 0 Å². The fourth-order valence-corrected chi connectivity index (χ4v) is 2.69. The number of likely N-dealkylation sites (tertiary alicyclic amines) is 1. The molecular formula is C17H23NO4. The molecule has 0 aromatic heterocycles. The van der Waals surface area contributed by atoms with Crippen molar-refractivity contribution in [1.29, 1.82) is 0 Å². The number of hydrogen-bond acceptors (Lipinski definition) is 4. The van der Waals surface area contributed by atoms with Gasteiger partial charge in [0.15, 0.2) is 0 Å². The lowest BCUT2D eigenvalue weighted by Crippen LogP contribution is -2.41. The summed E-state index contributed by atoms with van der Waals surface area (Å²) < 4.78 is 10.2. The summed E-state index contributed by atoms with van der Waals surface area (Å²) in [6, 6.07) is 7.54. The maximum absolute atomic E-state index is 12.3. The molecule has 0 atom stereocenters. The van der Waals surface area contributed by atoms with Gasteiger partial charge in [0.2, 0.25) is 5.91 Å². The van der Waals surface area contributed by atoms with Crippen molar-refractivity contribution in [2.24, 2.45) is 5.92 Å². The summed E-state index contributed by atoms with van der Waals surface area (Å²) >= 11 is 0. The van der Waals surface area contributed by atoms with Gasteiger partial charge in [-0.05, 0) is 37.5 Å². The Bertz CT molecular complexity index is 521.